The van der Waals surface area contributed by atoms with Crippen LogP contribution in [0.15, 0.2) is 0 Å². The molecule has 0 fully saturated rings. The SMILES string of the molecule is CC(C)CN(CCC#N)C(=O)CCCC(=O)O. The number of hydrogen-bond acceptors (Lipinski definition) is 3. The van der Waals surface area contributed by atoms with Crippen LogP contribution in [-0.4, -0.2) is 35.0 Å². The van der Waals surface area contributed by atoms with Gasteiger partial charge in [0.05, 0.1) is 12.5 Å². The Morgan fingerprint density at radius 1 is 1.35 bits per heavy atom. The molecule has 0 saturated carbocycles. The first-order valence-corrected chi connectivity index (χ1v) is 5.84. The minimum absolute atomic E-state index is 0.0134. The first kappa shape index (κ1) is 15.4. The third kappa shape index (κ3) is 8.26. The van der Waals surface area contributed by atoms with Gasteiger partial charge in [-0.05, 0) is 12.3 Å². The second kappa shape index (κ2) is 8.57. The molecule has 0 bridgehead atoms. The zero-order valence-electron chi connectivity index (χ0n) is 10.5. The molecule has 0 aromatic rings. The molecular weight excluding hydrogens is 220 g/mol. The number of hydrogen-bond donors (Lipinski definition) is 1. The Bertz CT molecular complexity index is 295. The Labute approximate surface area is 102 Å². The van der Waals surface area contributed by atoms with Crippen LogP contribution in [0.5, 0.6) is 0 Å². The third-order valence-corrected chi connectivity index (χ3v) is 2.21. The van der Waals surface area contributed by atoms with Crippen LogP contribution in [-0.2, 0) is 9.59 Å². The topological polar surface area (TPSA) is 81.4 Å². The fourth-order valence-electron chi connectivity index (χ4n) is 1.49. The quantitative estimate of drug-likeness (QED) is 0.699. The van der Waals surface area contributed by atoms with E-state index in [0.29, 0.717) is 31.8 Å². The average molecular weight is 240 g/mol. The molecule has 0 aliphatic carbocycles. The van der Waals surface area contributed by atoms with E-state index in [2.05, 4.69) is 0 Å². The molecule has 0 unspecified atom stereocenters. The predicted molar refractivity (Wildman–Crippen MR) is 63.1 cm³/mol. The number of nitriles is 1. The predicted octanol–water partition coefficient (Wildman–Crippen LogP) is 1.64. The lowest BCUT2D eigenvalue weighted by Gasteiger charge is -2.23. The Hall–Kier alpha value is -1.57. The molecule has 0 aliphatic rings. The van der Waals surface area contributed by atoms with Gasteiger partial charge >= 0.3 is 5.97 Å². The molecule has 1 amide bonds. The van der Waals surface area contributed by atoms with Crippen molar-refractivity contribution in [2.45, 2.75) is 39.5 Å². The van der Waals surface area contributed by atoms with E-state index in [9.17, 15) is 9.59 Å². The van der Waals surface area contributed by atoms with Crippen molar-refractivity contribution in [3.8, 4) is 6.07 Å². The zero-order valence-corrected chi connectivity index (χ0v) is 10.5. The number of amides is 1. The van der Waals surface area contributed by atoms with Crippen molar-refractivity contribution in [2.75, 3.05) is 13.1 Å². The van der Waals surface area contributed by atoms with Crippen LogP contribution in [0.2, 0.25) is 0 Å². The van der Waals surface area contributed by atoms with Gasteiger partial charge in [-0.25, -0.2) is 0 Å². The van der Waals surface area contributed by atoms with Crippen molar-refractivity contribution in [1.82, 2.24) is 4.90 Å². The first-order chi connectivity index (χ1) is 7.97. The maximum atomic E-state index is 11.8. The summed E-state index contributed by atoms with van der Waals surface area (Å²) in [6.45, 7) is 5.06. The third-order valence-electron chi connectivity index (χ3n) is 2.21. The molecule has 0 atom stereocenters. The van der Waals surface area contributed by atoms with E-state index in [-0.39, 0.29) is 18.7 Å². The fraction of sp³-hybridized carbons (Fsp3) is 0.750. The number of carbonyl (C=O) groups is 2. The second-order valence-corrected chi connectivity index (χ2v) is 4.39. The van der Waals surface area contributed by atoms with E-state index in [1.165, 1.54) is 0 Å². The lowest BCUT2D eigenvalue weighted by atomic mass is 10.1. The smallest absolute Gasteiger partial charge is 0.303 e. The highest BCUT2D eigenvalue weighted by molar-refractivity contribution is 5.77. The molecule has 0 rings (SSSR count). The van der Waals surface area contributed by atoms with Crippen molar-refractivity contribution in [2.24, 2.45) is 5.92 Å². The number of rotatable bonds is 8. The van der Waals surface area contributed by atoms with Crippen molar-refractivity contribution in [3.05, 3.63) is 0 Å². The molecule has 0 saturated heterocycles. The van der Waals surface area contributed by atoms with E-state index in [1.807, 2.05) is 19.9 Å². The normalized spacial score (nSPS) is 10.0. The van der Waals surface area contributed by atoms with Crippen LogP contribution in [0.1, 0.15) is 39.5 Å². The van der Waals surface area contributed by atoms with Gasteiger partial charge < -0.3 is 10.0 Å². The fourth-order valence-corrected chi connectivity index (χ4v) is 1.49. The highest BCUT2D eigenvalue weighted by atomic mass is 16.4. The van der Waals surface area contributed by atoms with Crippen LogP contribution in [0.3, 0.4) is 0 Å². The summed E-state index contributed by atoms with van der Waals surface area (Å²) in [5.74, 6) is -0.599. The Morgan fingerprint density at radius 3 is 2.47 bits per heavy atom. The van der Waals surface area contributed by atoms with Crippen molar-refractivity contribution < 1.29 is 14.7 Å². The van der Waals surface area contributed by atoms with Crippen LogP contribution >= 0.6 is 0 Å². The summed E-state index contributed by atoms with van der Waals surface area (Å²) in [4.78, 5) is 23.8. The van der Waals surface area contributed by atoms with Crippen molar-refractivity contribution in [1.29, 1.82) is 5.26 Å². The number of aliphatic carboxylic acids is 1. The van der Waals surface area contributed by atoms with E-state index in [4.69, 9.17) is 10.4 Å². The van der Waals surface area contributed by atoms with Gasteiger partial charge in [-0.1, -0.05) is 13.8 Å². The van der Waals surface area contributed by atoms with E-state index in [0.717, 1.165) is 0 Å². The largest absolute Gasteiger partial charge is 0.481 e. The van der Waals surface area contributed by atoms with Crippen LogP contribution < -0.4 is 0 Å². The van der Waals surface area contributed by atoms with Gasteiger partial charge in [0, 0.05) is 25.9 Å². The molecule has 0 aromatic carbocycles. The molecule has 0 aliphatic heterocycles. The van der Waals surface area contributed by atoms with Gasteiger partial charge in [0.2, 0.25) is 5.91 Å². The van der Waals surface area contributed by atoms with Gasteiger partial charge in [-0.15, -0.1) is 0 Å². The monoisotopic (exact) mass is 240 g/mol. The van der Waals surface area contributed by atoms with Crippen molar-refractivity contribution in [3.63, 3.8) is 0 Å². The minimum Gasteiger partial charge on any atom is -0.481 e. The first-order valence-electron chi connectivity index (χ1n) is 5.84. The molecular formula is C12H20N2O3. The van der Waals surface area contributed by atoms with Crippen LogP contribution in [0.4, 0.5) is 0 Å². The summed E-state index contributed by atoms with van der Waals surface area (Å²) in [7, 11) is 0. The molecule has 17 heavy (non-hydrogen) atoms. The lowest BCUT2D eigenvalue weighted by molar-refractivity contribution is -0.137. The Morgan fingerprint density at radius 2 is 2.00 bits per heavy atom. The molecule has 0 radical (unpaired) electrons. The molecule has 5 heteroatoms. The number of carbonyl (C=O) groups excluding carboxylic acids is 1. The van der Waals surface area contributed by atoms with Gasteiger partial charge in [0.15, 0.2) is 0 Å². The number of carboxylic acids is 1. The van der Waals surface area contributed by atoms with Gasteiger partial charge in [0.1, 0.15) is 0 Å². The van der Waals surface area contributed by atoms with E-state index >= 15 is 0 Å². The van der Waals surface area contributed by atoms with Crippen molar-refractivity contribution >= 4 is 11.9 Å². The van der Waals surface area contributed by atoms with Gasteiger partial charge in [0.25, 0.3) is 0 Å². The van der Waals surface area contributed by atoms with Gasteiger partial charge in [-0.3, -0.25) is 9.59 Å². The number of nitrogens with zero attached hydrogens (tertiary/aromatic N) is 2. The molecule has 5 nitrogen and oxygen atoms in total. The summed E-state index contributed by atoms with van der Waals surface area (Å²) in [5, 5.41) is 17.0. The van der Waals surface area contributed by atoms with E-state index in [1.54, 1.807) is 4.90 Å². The maximum Gasteiger partial charge on any atom is 0.303 e. The Balaban J connectivity index is 4.12. The van der Waals surface area contributed by atoms with E-state index < -0.39 is 5.97 Å². The highest BCUT2D eigenvalue weighted by Gasteiger charge is 2.14. The summed E-state index contributed by atoms with van der Waals surface area (Å²) in [6.07, 6.45) is 0.927. The van der Waals surface area contributed by atoms with Gasteiger partial charge in [-0.2, -0.15) is 5.26 Å². The summed E-state index contributed by atoms with van der Waals surface area (Å²) < 4.78 is 0. The molecule has 0 spiro atoms. The standard InChI is InChI=1S/C12H20N2O3/c1-10(2)9-14(8-4-7-13)11(15)5-3-6-12(16)17/h10H,3-6,8-9H2,1-2H3,(H,16,17). The highest BCUT2D eigenvalue weighted by Crippen LogP contribution is 2.05. The second-order valence-electron chi connectivity index (χ2n) is 4.39. The molecule has 0 aromatic heterocycles. The summed E-state index contributed by atoms with van der Waals surface area (Å²) in [5.41, 5.74) is 0. The zero-order chi connectivity index (χ0) is 13.3. The molecule has 1 N–H and O–H groups in total. The minimum atomic E-state index is -0.884. The Kier molecular flexibility index (Phi) is 7.78. The van der Waals surface area contributed by atoms with Crippen LogP contribution in [0, 0.1) is 17.2 Å². The lowest BCUT2D eigenvalue weighted by Crippen LogP contribution is -2.34. The summed E-state index contributed by atoms with van der Waals surface area (Å²) in [6, 6.07) is 2.01. The van der Waals surface area contributed by atoms with Crippen LogP contribution in [0.25, 0.3) is 0 Å². The number of carboxylic acid groups (broad SMARTS) is 1. The molecule has 96 valence electrons. The average Bonchev–Trinajstić information content (AvgIpc) is 2.22. The maximum absolute atomic E-state index is 11.8. The summed E-state index contributed by atoms with van der Waals surface area (Å²) >= 11 is 0. The molecule has 0 heterocycles.